The number of hydrogen-bond acceptors (Lipinski definition) is 8. The Morgan fingerprint density at radius 2 is 1.90 bits per heavy atom. The molecule has 0 aliphatic rings. The Bertz CT molecular complexity index is 1730. The molecular formula is C27H26ClF2N7O2S. The topological polar surface area (TPSA) is 131 Å². The first-order chi connectivity index (χ1) is 18.9. The van der Waals surface area contributed by atoms with Crippen LogP contribution in [0.3, 0.4) is 0 Å². The highest BCUT2D eigenvalue weighted by Crippen LogP contribution is 2.41. The maximum absolute atomic E-state index is 14.0. The van der Waals surface area contributed by atoms with Gasteiger partial charge in [0.05, 0.1) is 38.0 Å². The largest absolute Gasteiger partial charge is 0.389 e. The van der Waals surface area contributed by atoms with Crippen LogP contribution in [-0.2, 0) is 18.3 Å². The van der Waals surface area contributed by atoms with E-state index in [1.54, 1.807) is 31.6 Å². The summed E-state index contributed by atoms with van der Waals surface area (Å²) in [5.41, 5.74) is 8.34. The highest BCUT2D eigenvalue weighted by Gasteiger charge is 2.25. The molecule has 0 aliphatic heterocycles. The molecular weight excluding hydrogens is 560 g/mol. The molecule has 0 saturated heterocycles. The lowest BCUT2D eigenvalue weighted by Gasteiger charge is -2.20. The molecule has 40 heavy (non-hydrogen) atoms. The van der Waals surface area contributed by atoms with Gasteiger partial charge in [0.25, 0.3) is 0 Å². The van der Waals surface area contributed by atoms with E-state index in [4.69, 9.17) is 22.3 Å². The minimum Gasteiger partial charge on any atom is -0.389 e. The molecule has 0 spiro atoms. The molecule has 3 aromatic heterocycles. The number of benzene rings is 2. The van der Waals surface area contributed by atoms with Gasteiger partial charge in [-0.25, -0.2) is 18.7 Å². The molecule has 0 fully saturated rings. The van der Waals surface area contributed by atoms with Gasteiger partial charge in [-0.1, -0.05) is 29.0 Å². The number of anilines is 2. The van der Waals surface area contributed by atoms with Crippen molar-refractivity contribution in [1.82, 2.24) is 25.1 Å². The number of halogens is 3. The molecule has 13 heteroatoms. The Balaban J connectivity index is 1.73. The van der Waals surface area contributed by atoms with Gasteiger partial charge >= 0.3 is 0 Å². The van der Waals surface area contributed by atoms with Crippen molar-refractivity contribution >= 4 is 61.5 Å². The fourth-order valence-corrected chi connectivity index (χ4v) is 5.73. The Labute approximate surface area is 237 Å². The van der Waals surface area contributed by atoms with Crippen LogP contribution < -0.4 is 16.4 Å². The highest BCUT2D eigenvalue weighted by atomic mass is 35.5. The predicted octanol–water partition coefficient (Wildman–Crippen LogP) is 4.97. The van der Waals surface area contributed by atoms with Gasteiger partial charge < -0.3 is 21.5 Å². The number of carbonyl (C=O) groups is 1. The van der Waals surface area contributed by atoms with Crippen LogP contribution in [0.2, 0.25) is 5.02 Å². The van der Waals surface area contributed by atoms with E-state index in [2.05, 4.69) is 20.7 Å². The van der Waals surface area contributed by atoms with E-state index in [0.717, 1.165) is 10.8 Å². The van der Waals surface area contributed by atoms with Crippen LogP contribution in [-0.4, -0.2) is 43.4 Å². The number of nitrogens with two attached hydrogens (primary N) is 1. The van der Waals surface area contributed by atoms with Gasteiger partial charge in [-0.3, -0.25) is 9.48 Å². The van der Waals surface area contributed by atoms with Crippen LogP contribution in [0.1, 0.15) is 31.1 Å². The van der Waals surface area contributed by atoms with Crippen LogP contribution in [0.4, 0.5) is 19.7 Å². The van der Waals surface area contributed by atoms with Crippen molar-refractivity contribution in [3.63, 3.8) is 0 Å². The maximum atomic E-state index is 14.0. The number of nitrogen functional groups attached to an aromatic ring is 1. The van der Waals surface area contributed by atoms with Crippen LogP contribution in [0.5, 0.6) is 0 Å². The average molecular weight is 586 g/mol. The fraction of sp³-hybridized carbons (Fsp3) is 0.259. The van der Waals surface area contributed by atoms with Gasteiger partial charge in [0.15, 0.2) is 16.6 Å². The molecule has 3 heterocycles. The van der Waals surface area contributed by atoms with Crippen molar-refractivity contribution < 1.29 is 18.7 Å². The first-order valence-electron chi connectivity index (χ1n) is 12.3. The molecule has 9 nitrogen and oxygen atoms in total. The summed E-state index contributed by atoms with van der Waals surface area (Å²) < 4.78 is 30.4. The summed E-state index contributed by atoms with van der Waals surface area (Å²) >= 11 is 7.83. The highest BCUT2D eigenvalue weighted by molar-refractivity contribution is 7.22. The molecule has 1 atom stereocenters. The molecule has 0 radical (unpaired) electrons. The van der Waals surface area contributed by atoms with Gasteiger partial charge in [-0.2, -0.15) is 5.10 Å². The molecule has 0 saturated carbocycles. The molecule has 1 amide bonds. The number of carbonyl (C=O) groups excluding carboxylic acids is 1. The number of nitrogens with one attached hydrogen (secondary N) is 2. The Hall–Kier alpha value is -3.87. The number of aryl methyl sites for hydroxylation is 1. The molecule has 0 bridgehead atoms. The second kappa shape index (κ2) is 10.6. The number of hydrogen-bond donors (Lipinski definition) is 4. The number of rotatable bonds is 9. The Morgan fingerprint density at radius 1 is 1.18 bits per heavy atom. The van der Waals surface area contributed by atoms with E-state index in [-0.39, 0.29) is 18.8 Å². The third kappa shape index (κ3) is 5.55. The van der Waals surface area contributed by atoms with Crippen LogP contribution in [0.25, 0.3) is 32.4 Å². The lowest BCUT2D eigenvalue weighted by molar-refractivity contribution is -0.110. The number of amides is 1. The zero-order valence-electron chi connectivity index (χ0n) is 21.8. The van der Waals surface area contributed by atoms with E-state index in [1.165, 1.54) is 23.5 Å². The summed E-state index contributed by atoms with van der Waals surface area (Å²) in [6, 6.07) is 7.85. The molecule has 5 rings (SSSR count). The summed E-state index contributed by atoms with van der Waals surface area (Å²) in [6.07, 6.45) is 0.573. The third-order valence-corrected chi connectivity index (χ3v) is 7.56. The van der Waals surface area contributed by atoms with Crippen molar-refractivity contribution in [3.05, 3.63) is 64.3 Å². The second-order valence-electron chi connectivity index (χ2n) is 10.1. The molecule has 2 aromatic carbocycles. The normalized spacial score (nSPS) is 12.7. The quantitative estimate of drug-likeness (QED) is 0.180. The third-order valence-electron chi connectivity index (χ3n) is 6.30. The van der Waals surface area contributed by atoms with Crippen molar-refractivity contribution in [2.75, 3.05) is 17.6 Å². The van der Waals surface area contributed by atoms with E-state index in [1.807, 2.05) is 12.1 Å². The fourth-order valence-electron chi connectivity index (χ4n) is 4.63. The minimum absolute atomic E-state index is 0.0527. The molecule has 5 N–H and O–H groups in total. The SMILES string of the molecule is Cn1nc(N)c2c(Cl)ccc(-c3cc4sc(NCC(C)(C)O)nc4nc3C(Cc3cc(F)cc(F)c3)NC=O)c21. The van der Waals surface area contributed by atoms with E-state index >= 15 is 0 Å². The first-order valence-corrected chi connectivity index (χ1v) is 13.5. The molecule has 208 valence electrons. The number of aromatic nitrogens is 4. The van der Waals surface area contributed by atoms with Crippen molar-refractivity contribution in [2.45, 2.75) is 31.9 Å². The summed E-state index contributed by atoms with van der Waals surface area (Å²) in [7, 11) is 1.74. The lowest BCUT2D eigenvalue weighted by Crippen LogP contribution is -2.29. The van der Waals surface area contributed by atoms with Gasteiger partial charge in [-0.15, -0.1) is 0 Å². The number of pyridine rings is 1. The molecule has 5 aromatic rings. The van der Waals surface area contributed by atoms with Crippen molar-refractivity contribution in [2.24, 2.45) is 7.05 Å². The van der Waals surface area contributed by atoms with Crippen molar-refractivity contribution in [1.29, 1.82) is 0 Å². The van der Waals surface area contributed by atoms with Crippen molar-refractivity contribution in [3.8, 4) is 11.1 Å². The first kappa shape index (κ1) is 27.7. The molecule has 0 aliphatic carbocycles. The zero-order chi connectivity index (χ0) is 28.8. The summed E-state index contributed by atoms with van der Waals surface area (Å²) in [4.78, 5) is 21.2. The second-order valence-corrected chi connectivity index (χ2v) is 11.5. The van der Waals surface area contributed by atoms with Gasteiger partial charge in [-0.05, 0) is 50.1 Å². The van der Waals surface area contributed by atoms with E-state index in [0.29, 0.717) is 55.5 Å². The number of thiazole rings is 1. The smallest absolute Gasteiger partial charge is 0.207 e. The van der Waals surface area contributed by atoms with Crippen LogP contribution in [0.15, 0.2) is 36.4 Å². The average Bonchev–Trinajstić information content (AvgIpc) is 3.40. The van der Waals surface area contributed by atoms with E-state index in [9.17, 15) is 18.7 Å². The zero-order valence-corrected chi connectivity index (χ0v) is 23.4. The lowest BCUT2D eigenvalue weighted by atomic mass is 9.94. The minimum atomic E-state index is -0.963. The number of fused-ring (bicyclic) bond motifs is 2. The summed E-state index contributed by atoms with van der Waals surface area (Å²) in [5, 5.41) is 21.9. The van der Waals surface area contributed by atoms with Gasteiger partial charge in [0.2, 0.25) is 6.41 Å². The summed E-state index contributed by atoms with van der Waals surface area (Å²) in [6.45, 7) is 3.62. The molecule has 1 unspecified atom stereocenters. The van der Waals surface area contributed by atoms with Crippen LogP contribution in [0, 0.1) is 11.6 Å². The summed E-state index contributed by atoms with van der Waals surface area (Å²) in [5.74, 6) is -1.20. The number of nitrogens with zero attached hydrogens (tertiary/aromatic N) is 4. The number of aliphatic hydroxyl groups is 1. The Morgan fingerprint density at radius 3 is 2.58 bits per heavy atom. The standard InChI is InChI=1S/C27H26ClF2N7O2S/c1-27(2,39)11-32-26-35-25-20(40-26)10-17(16-4-5-18(28)21-23(16)37(3)36-24(21)31)22(34-25)19(33-12-38)8-13-6-14(29)9-15(30)7-13/h4-7,9-10,12,19,39H,8,11H2,1-3H3,(H2,31,36)(H,33,38)(H,32,34,35). The Kier molecular flexibility index (Phi) is 7.34. The van der Waals surface area contributed by atoms with Gasteiger partial charge in [0.1, 0.15) is 11.6 Å². The van der Waals surface area contributed by atoms with E-state index < -0.39 is 23.3 Å². The monoisotopic (exact) mass is 585 g/mol. The maximum Gasteiger partial charge on any atom is 0.207 e. The predicted molar refractivity (Wildman–Crippen MR) is 153 cm³/mol. The van der Waals surface area contributed by atoms with Gasteiger partial charge in [0, 0.05) is 30.8 Å². The van der Waals surface area contributed by atoms with Crippen LogP contribution >= 0.6 is 22.9 Å².